The Balaban J connectivity index is 0.000000213. The Morgan fingerprint density at radius 3 is 0.889 bits per heavy atom. The van der Waals surface area contributed by atoms with E-state index in [0.717, 1.165) is 137 Å². The molecule has 4 aromatic carbocycles. The number of nitrogens with one attached hydrogen (secondary N) is 2. The number of nitrogens with zero attached hydrogens (tertiary/aromatic N) is 7. The molecule has 0 unspecified atom stereocenters. The van der Waals surface area contributed by atoms with Gasteiger partial charge in [-0.05, 0) is 286 Å². The second-order valence-corrected chi connectivity index (χ2v) is 43.7. The number of aromatic carboxylic acids is 1. The summed E-state index contributed by atoms with van der Waals surface area (Å²) < 4.78 is 85.3. The van der Waals surface area contributed by atoms with Crippen molar-refractivity contribution in [3.63, 3.8) is 0 Å². The molecule has 4 fully saturated rings. The van der Waals surface area contributed by atoms with E-state index >= 15 is 0 Å². The van der Waals surface area contributed by atoms with Gasteiger partial charge in [-0.3, -0.25) is 24.5 Å². The molecule has 4 aliphatic carbocycles. The van der Waals surface area contributed by atoms with Crippen LogP contribution in [0.4, 0.5) is 0 Å². The summed E-state index contributed by atoms with van der Waals surface area (Å²) in [4.78, 5) is 61.7. The number of nitrogens with two attached hydrogens (primary N) is 1. The molecule has 0 saturated heterocycles. The standard InChI is InChI=1S/2C28H37N3O4S.C20H27NO2.C19H25NO2.C9H14N2O3S.CH4.Na.H2O/c2*1-4-31-23(14-20-8-6-19(3)7-9-20)16-22-15-21(10-13-27(22)31)28(33)30-26(18-32)25-12-11-24(17-29-25)36(34,35)5-2;1-4-21-18(11-15-7-5-14(2)6-8-15)13-17-12-16(20(22)23-3)9-10-19(17)21;1-3-20-17(10-14-6-4-13(2)5-7-14)12-16-11-15(19(21)22)8-9-18(16)20;1-2-15(13,14)7-3-4-9(11-5-7)8(10)6-12;;;/h2*10-13,15-17,19-20,26,32H,4-9,14,18H2,1-3H3,(H,30,33);9-10,12-15H,4-8,11H2,1-3H3;8-9,11-14H,3-7,10H2,1-2H3,(H,21,22);3-5,8,12H,2,6,10H2,1H3;1H4;;1H2/q;;;;;;+1;/p-1/t2*19?,20?,26-;;;8-;;;/m00..0.../s1. The summed E-state index contributed by atoms with van der Waals surface area (Å²) >= 11 is 0. The number of carboxylic acids is 1. The van der Waals surface area contributed by atoms with E-state index in [1.807, 2.05) is 54.6 Å². The predicted molar refractivity (Wildman–Crippen MR) is 531 cm³/mol. The van der Waals surface area contributed by atoms with Gasteiger partial charge in [0.05, 0.1) is 105 Å². The fraction of sp³-hybridized carbons (Fsp3) is 0.514. The first-order valence-corrected chi connectivity index (χ1v) is 52.7. The van der Waals surface area contributed by atoms with Crippen molar-refractivity contribution in [1.29, 1.82) is 0 Å². The molecule has 2 amide bonds. The van der Waals surface area contributed by atoms with Crippen LogP contribution in [0.2, 0.25) is 0 Å². The van der Waals surface area contributed by atoms with E-state index in [1.54, 1.807) is 32.9 Å². The normalized spacial score (nSPS) is 19.1. The van der Waals surface area contributed by atoms with Crippen LogP contribution in [0.5, 0.6) is 0 Å². The van der Waals surface area contributed by atoms with Crippen molar-refractivity contribution in [3.05, 3.63) is 214 Å². The molecule has 0 bridgehead atoms. The Morgan fingerprint density at radius 1 is 0.393 bits per heavy atom. The van der Waals surface area contributed by atoms with Gasteiger partial charge in [0.1, 0.15) is 0 Å². The van der Waals surface area contributed by atoms with Gasteiger partial charge < -0.3 is 65.3 Å². The van der Waals surface area contributed by atoms with Crippen molar-refractivity contribution in [3.8, 4) is 0 Å². The first kappa shape index (κ1) is 111. The molecular weight excluding hydrogens is 1780 g/mol. The minimum absolute atomic E-state index is 0. The van der Waals surface area contributed by atoms with Gasteiger partial charge in [0.2, 0.25) is 0 Å². The average Bonchev–Trinajstić information content (AvgIpc) is 1.65. The quantitative estimate of drug-likeness (QED) is 0.0162. The van der Waals surface area contributed by atoms with Gasteiger partial charge >= 0.3 is 41.5 Å². The first-order chi connectivity index (χ1) is 63.2. The molecule has 0 radical (unpaired) electrons. The molecule has 9 N–H and O–H groups in total. The molecule has 135 heavy (non-hydrogen) atoms. The maximum Gasteiger partial charge on any atom is 1.00 e. The van der Waals surface area contributed by atoms with Gasteiger partial charge in [-0.1, -0.05) is 107 Å². The monoisotopic (exact) mass is 1920 g/mol. The fourth-order valence-electron chi connectivity index (χ4n) is 19.3. The van der Waals surface area contributed by atoms with Crippen LogP contribution in [-0.2, 0) is 86.1 Å². The van der Waals surface area contributed by atoms with E-state index in [0.29, 0.717) is 39.3 Å². The molecule has 3 atom stereocenters. The van der Waals surface area contributed by atoms with Crippen LogP contribution in [0.25, 0.3) is 43.6 Å². The second kappa shape index (κ2) is 51.6. The Kier molecular flexibility index (Phi) is 42.6. The summed E-state index contributed by atoms with van der Waals surface area (Å²) in [6, 6.07) is 38.6. The van der Waals surface area contributed by atoms with Crippen LogP contribution in [-0.4, -0.2) is 152 Å². The Labute approximate surface area is 821 Å². The maximum absolute atomic E-state index is 13.1. The van der Waals surface area contributed by atoms with E-state index in [1.165, 1.54) is 193 Å². The molecule has 26 nitrogen and oxygen atoms in total. The molecule has 0 aliphatic heterocycles. The number of aryl methyl sites for hydroxylation is 4. The molecule has 4 saturated carbocycles. The van der Waals surface area contributed by atoms with Crippen molar-refractivity contribution in [2.75, 3.05) is 44.2 Å². The van der Waals surface area contributed by atoms with Crippen LogP contribution >= 0.6 is 0 Å². The van der Waals surface area contributed by atoms with E-state index < -0.39 is 53.6 Å². The smallest absolute Gasteiger partial charge is 0.870 e. The first-order valence-electron chi connectivity index (χ1n) is 47.8. The summed E-state index contributed by atoms with van der Waals surface area (Å²) in [5.41, 5.74) is 18.9. The third-order valence-corrected chi connectivity index (χ3v) is 32.9. The summed E-state index contributed by atoms with van der Waals surface area (Å²) in [7, 11) is -8.51. The Bertz CT molecular complexity index is 5860. The SMILES string of the molecule is C.CCS(=O)(=O)c1ccc([C@@H](N)CO)nc1.CCn1c(CC2CCC(C)CC2)cc2cc(C(=O)N[C@@H](CO)c3ccc(S(=O)(=O)CC)cn3)ccc21.CCn1c(CC2CCC(C)CC2)cc2cc(C(=O)N[C@@H](CO)c3ccc(S(=O)(=O)CC)cn3)ccc21.CCn1c(CC2CCC(C)CC2)cc2cc(C(=O)O)ccc21.CCn1c(CC2CCC(C)CC2)cc2cc(C(=O)OC)ccc21.[Na+].[OH-]. The van der Waals surface area contributed by atoms with E-state index in [9.17, 15) is 54.6 Å². The van der Waals surface area contributed by atoms with Gasteiger partial charge in [-0.15, -0.1) is 0 Å². The molecule has 11 aromatic rings. The number of esters is 1. The van der Waals surface area contributed by atoms with Gasteiger partial charge in [0, 0.05) is 122 Å². The number of hydrogen-bond acceptors (Lipinski definition) is 19. The number of hydrogen-bond donors (Lipinski definition) is 7. The van der Waals surface area contributed by atoms with Gasteiger partial charge in [0.15, 0.2) is 29.5 Å². The third kappa shape index (κ3) is 28.9. The summed E-state index contributed by atoms with van der Waals surface area (Å²) in [6.07, 6.45) is 29.3. The minimum atomic E-state index is -3.36. The predicted octanol–water partition coefficient (Wildman–Crippen LogP) is 16.2. The molecule has 30 heteroatoms. The molecule has 7 aromatic heterocycles. The summed E-state index contributed by atoms with van der Waals surface area (Å²) in [5, 5.41) is 47.7. The van der Waals surface area contributed by atoms with Crippen LogP contribution in [0.3, 0.4) is 0 Å². The van der Waals surface area contributed by atoms with Crippen LogP contribution < -0.4 is 45.9 Å². The number of aliphatic hydroxyl groups is 3. The molecular formula is C105H145N10NaO16S3. The number of pyridine rings is 3. The van der Waals surface area contributed by atoms with Crippen LogP contribution in [0.15, 0.2) is 167 Å². The molecule has 4 aliphatic rings. The summed E-state index contributed by atoms with van der Waals surface area (Å²) in [5.74, 6) is 4.74. The zero-order valence-corrected chi connectivity index (χ0v) is 85.1. The Hall–Kier alpha value is -8.98. The number of methoxy groups -OCH3 is 1. The molecule has 730 valence electrons. The molecule has 0 spiro atoms. The summed E-state index contributed by atoms with van der Waals surface area (Å²) in [6.45, 7) is 25.6. The number of amides is 2. The molecule has 7 heterocycles. The van der Waals surface area contributed by atoms with Crippen LogP contribution in [0, 0.1) is 47.3 Å². The van der Waals surface area contributed by atoms with E-state index in [4.69, 9.17) is 20.7 Å². The van der Waals surface area contributed by atoms with Crippen molar-refractivity contribution in [2.24, 2.45) is 53.1 Å². The number of carboxylic acid groups (broad SMARTS) is 1. The third-order valence-electron chi connectivity index (χ3n) is 27.7. The topological polar surface area (TPSA) is 399 Å². The number of sulfone groups is 3. The number of benzene rings is 4. The van der Waals surface area contributed by atoms with Crippen molar-refractivity contribution < 1.29 is 105 Å². The largest absolute Gasteiger partial charge is 1.00 e. The number of fused-ring (bicyclic) bond motifs is 4. The van der Waals surface area contributed by atoms with Crippen LogP contribution in [0.1, 0.15) is 286 Å². The number of carbonyl (C=O) groups is 4. The second-order valence-electron chi connectivity index (χ2n) is 36.9. The number of aliphatic hydroxyl groups excluding tert-OH is 3. The fourth-order valence-corrected chi connectivity index (χ4v) is 21.8. The average molecular weight is 1920 g/mol. The van der Waals surface area contributed by atoms with E-state index in [2.05, 4.69) is 130 Å². The maximum atomic E-state index is 13.1. The number of ether oxygens (including phenoxy) is 1. The van der Waals surface area contributed by atoms with Crippen molar-refractivity contribution in [2.45, 2.75) is 271 Å². The number of aromatic nitrogens is 7. The molecule has 15 rings (SSSR count). The van der Waals surface area contributed by atoms with Gasteiger partial charge in [-0.2, -0.15) is 0 Å². The number of carbonyl (C=O) groups excluding carboxylic acids is 3. The zero-order valence-electron chi connectivity index (χ0n) is 80.7. The zero-order chi connectivity index (χ0) is 95.3. The van der Waals surface area contributed by atoms with Crippen molar-refractivity contribution >= 4 is 96.9 Å². The van der Waals surface area contributed by atoms with E-state index in [-0.39, 0.29) is 112 Å². The van der Waals surface area contributed by atoms with Gasteiger partial charge in [0.25, 0.3) is 11.8 Å². The minimum Gasteiger partial charge on any atom is -0.870 e. The van der Waals surface area contributed by atoms with Gasteiger partial charge in [-0.25, -0.2) is 34.8 Å². The van der Waals surface area contributed by atoms with Crippen molar-refractivity contribution in [1.82, 2.24) is 43.9 Å². The number of rotatable bonds is 30. The Morgan fingerprint density at radius 2 is 0.652 bits per heavy atom.